The zero-order valence-corrected chi connectivity index (χ0v) is 9.62. The molecule has 0 radical (unpaired) electrons. The minimum absolute atomic E-state index is 0.128. The number of nitrogens with two attached hydrogens (primary N) is 1. The number of nitrogens with one attached hydrogen (secondary N) is 1. The first-order valence-electron chi connectivity index (χ1n) is 5.24. The fourth-order valence-electron chi connectivity index (χ4n) is 1.19. The maximum atomic E-state index is 13.3. The maximum Gasteiger partial charge on any atom is 0.387 e. The van der Waals surface area contributed by atoms with Gasteiger partial charge in [0.25, 0.3) is 0 Å². The Balaban J connectivity index is 2.75. The monoisotopic (exact) mass is 262 g/mol. The van der Waals surface area contributed by atoms with Crippen LogP contribution in [0.25, 0.3) is 0 Å². The number of hydrogen-bond donors (Lipinski definition) is 2. The number of hydrogen-bond acceptors (Lipinski definition) is 3. The first-order valence-corrected chi connectivity index (χ1v) is 5.24. The van der Waals surface area contributed by atoms with Crippen LogP contribution in [0.15, 0.2) is 18.2 Å². The molecule has 1 rings (SSSR count). The van der Waals surface area contributed by atoms with Crippen molar-refractivity contribution in [2.75, 3.05) is 5.32 Å². The van der Waals surface area contributed by atoms with Gasteiger partial charge in [0.15, 0.2) is 11.6 Å². The van der Waals surface area contributed by atoms with E-state index in [0.717, 1.165) is 12.1 Å². The zero-order chi connectivity index (χ0) is 13.7. The van der Waals surface area contributed by atoms with Gasteiger partial charge in [0.2, 0.25) is 5.91 Å². The zero-order valence-electron chi connectivity index (χ0n) is 9.62. The van der Waals surface area contributed by atoms with Gasteiger partial charge in [-0.05, 0) is 18.6 Å². The smallest absolute Gasteiger partial charge is 0.387 e. The molecule has 0 fully saturated rings. The van der Waals surface area contributed by atoms with Crippen LogP contribution < -0.4 is 15.8 Å². The predicted octanol–water partition coefficient (Wildman–Crippen LogP) is 2.10. The van der Waals surface area contributed by atoms with Crippen LogP contribution in [0.4, 0.5) is 18.9 Å². The summed E-state index contributed by atoms with van der Waals surface area (Å²) in [5, 5.41) is 2.37. The molecule has 0 aromatic heterocycles. The van der Waals surface area contributed by atoms with E-state index in [2.05, 4.69) is 10.1 Å². The molecule has 0 bridgehead atoms. The molecule has 0 unspecified atom stereocenters. The molecule has 0 saturated carbocycles. The number of rotatable bonds is 5. The Kier molecular flexibility index (Phi) is 4.96. The molecule has 4 nitrogen and oxygen atoms in total. The summed E-state index contributed by atoms with van der Waals surface area (Å²) >= 11 is 0. The van der Waals surface area contributed by atoms with Crippen molar-refractivity contribution >= 4 is 11.6 Å². The van der Waals surface area contributed by atoms with Crippen molar-refractivity contribution in [3.63, 3.8) is 0 Å². The second kappa shape index (κ2) is 6.25. The lowest BCUT2D eigenvalue weighted by atomic mass is 10.2. The first-order chi connectivity index (χ1) is 8.43. The highest BCUT2D eigenvalue weighted by molar-refractivity contribution is 5.94. The third-order valence-electron chi connectivity index (χ3n) is 2.19. The lowest BCUT2D eigenvalue weighted by Gasteiger charge is -2.11. The highest BCUT2D eigenvalue weighted by Gasteiger charge is 2.14. The number of amides is 1. The first kappa shape index (κ1) is 14.3. The van der Waals surface area contributed by atoms with Gasteiger partial charge < -0.3 is 15.8 Å². The normalized spacial score (nSPS) is 12.3. The number of carbonyl (C=O) groups excluding carboxylic acids is 1. The number of benzene rings is 1. The Labute approximate surface area is 102 Å². The number of halogens is 3. The molecule has 1 amide bonds. The maximum absolute atomic E-state index is 13.3. The number of anilines is 1. The van der Waals surface area contributed by atoms with E-state index >= 15 is 0 Å². The van der Waals surface area contributed by atoms with Gasteiger partial charge in [0.1, 0.15) is 0 Å². The molecule has 0 saturated heterocycles. The van der Waals surface area contributed by atoms with E-state index in [1.165, 1.54) is 6.07 Å². The van der Waals surface area contributed by atoms with Crippen LogP contribution in [0.3, 0.4) is 0 Å². The Morgan fingerprint density at radius 1 is 1.50 bits per heavy atom. The Bertz CT molecular complexity index is 427. The predicted molar refractivity (Wildman–Crippen MR) is 59.9 cm³/mol. The molecule has 1 atom stereocenters. The summed E-state index contributed by atoms with van der Waals surface area (Å²) < 4.78 is 41.0. The quantitative estimate of drug-likeness (QED) is 0.854. The molecule has 0 aliphatic carbocycles. The summed E-state index contributed by atoms with van der Waals surface area (Å²) in [5.74, 6) is -2.04. The summed E-state index contributed by atoms with van der Waals surface area (Å²) in [6.45, 7) is -1.38. The summed E-state index contributed by atoms with van der Waals surface area (Å²) in [6.07, 6.45) is 0.431. The SMILES string of the molecule is CC[C@H](N)C(=O)Nc1ccc(OC(F)F)c(F)c1. The third kappa shape index (κ3) is 3.92. The molecule has 7 heteroatoms. The molecule has 3 N–H and O–H groups in total. The Hall–Kier alpha value is -1.76. The van der Waals surface area contributed by atoms with E-state index < -0.39 is 30.1 Å². The van der Waals surface area contributed by atoms with Crippen LogP contribution in [-0.2, 0) is 4.79 Å². The minimum Gasteiger partial charge on any atom is -0.432 e. The molecule has 1 aromatic carbocycles. The summed E-state index contributed by atoms with van der Waals surface area (Å²) in [6, 6.07) is 2.44. The van der Waals surface area contributed by atoms with Gasteiger partial charge in [-0.3, -0.25) is 4.79 Å². The Morgan fingerprint density at radius 2 is 2.17 bits per heavy atom. The number of carbonyl (C=O) groups is 1. The van der Waals surface area contributed by atoms with E-state index in [9.17, 15) is 18.0 Å². The average molecular weight is 262 g/mol. The molecular formula is C11H13F3N2O2. The molecule has 18 heavy (non-hydrogen) atoms. The summed E-state index contributed by atoms with van der Waals surface area (Å²) in [7, 11) is 0. The van der Waals surface area contributed by atoms with E-state index in [1.54, 1.807) is 6.92 Å². The van der Waals surface area contributed by atoms with Crippen molar-refractivity contribution in [1.82, 2.24) is 0 Å². The fraction of sp³-hybridized carbons (Fsp3) is 0.364. The van der Waals surface area contributed by atoms with Gasteiger partial charge >= 0.3 is 6.61 Å². The van der Waals surface area contributed by atoms with E-state index in [1.807, 2.05) is 0 Å². The molecule has 0 aliphatic rings. The topological polar surface area (TPSA) is 64.4 Å². The molecule has 1 aromatic rings. The van der Waals surface area contributed by atoms with Crippen LogP contribution in [-0.4, -0.2) is 18.6 Å². The minimum atomic E-state index is -3.10. The number of ether oxygens (including phenoxy) is 1. The number of alkyl halides is 2. The largest absolute Gasteiger partial charge is 0.432 e. The van der Waals surface area contributed by atoms with Crippen molar-refractivity contribution in [3.05, 3.63) is 24.0 Å². The highest BCUT2D eigenvalue weighted by Crippen LogP contribution is 2.22. The van der Waals surface area contributed by atoms with Crippen LogP contribution in [0.2, 0.25) is 0 Å². The summed E-state index contributed by atoms with van der Waals surface area (Å²) in [4.78, 5) is 11.4. The van der Waals surface area contributed by atoms with Gasteiger partial charge in [-0.1, -0.05) is 6.92 Å². The average Bonchev–Trinajstić information content (AvgIpc) is 2.31. The van der Waals surface area contributed by atoms with Crippen molar-refractivity contribution in [2.24, 2.45) is 5.73 Å². The van der Waals surface area contributed by atoms with Crippen molar-refractivity contribution in [2.45, 2.75) is 26.0 Å². The van der Waals surface area contributed by atoms with E-state index in [-0.39, 0.29) is 5.69 Å². The van der Waals surface area contributed by atoms with Gasteiger partial charge in [-0.2, -0.15) is 8.78 Å². The standard InChI is InChI=1S/C11H13F3N2O2/c1-2-8(15)10(17)16-6-3-4-9(7(12)5-6)18-11(13)14/h3-5,8,11H,2,15H2,1H3,(H,16,17)/t8-/m0/s1. The van der Waals surface area contributed by atoms with Gasteiger partial charge in [0, 0.05) is 11.8 Å². The van der Waals surface area contributed by atoms with Crippen LogP contribution in [0.5, 0.6) is 5.75 Å². The van der Waals surface area contributed by atoms with Gasteiger partial charge in [0.05, 0.1) is 6.04 Å². The second-order valence-electron chi connectivity index (χ2n) is 3.53. The van der Waals surface area contributed by atoms with Crippen molar-refractivity contribution in [3.8, 4) is 5.75 Å². The van der Waals surface area contributed by atoms with Crippen molar-refractivity contribution in [1.29, 1.82) is 0 Å². The second-order valence-corrected chi connectivity index (χ2v) is 3.53. The van der Waals surface area contributed by atoms with Crippen molar-refractivity contribution < 1.29 is 22.7 Å². The van der Waals surface area contributed by atoms with Gasteiger partial charge in [-0.25, -0.2) is 4.39 Å². The highest BCUT2D eigenvalue weighted by atomic mass is 19.3. The Morgan fingerprint density at radius 3 is 2.67 bits per heavy atom. The fourth-order valence-corrected chi connectivity index (χ4v) is 1.19. The molecule has 100 valence electrons. The molecule has 0 aliphatic heterocycles. The van der Waals surface area contributed by atoms with E-state index in [0.29, 0.717) is 6.42 Å². The van der Waals surface area contributed by atoms with Crippen LogP contribution in [0.1, 0.15) is 13.3 Å². The lowest BCUT2D eigenvalue weighted by Crippen LogP contribution is -2.34. The third-order valence-corrected chi connectivity index (χ3v) is 2.19. The van der Waals surface area contributed by atoms with Crippen LogP contribution >= 0.6 is 0 Å². The van der Waals surface area contributed by atoms with E-state index in [4.69, 9.17) is 5.73 Å². The molecule has 0 heterocycles. The molecule has 0 spiro atoms. The lowest BCUT2D eigenvalue weighted by molar-refractivity contribution is -0.117. The summed E-state index contributed by atoms with van der Waals surface area (Å²) in [5.41, 5.74) is 5.60. The molecular weight excluding hydrogens is 249 g/mol. The van der Waals surface area contributed by atoms with Crippen LogP contribution in [0, 0.1) is 5.82 Å². The van der Waals surface area contributed by atoms with Gasteiger partial charge in [-0.15, -0.1) is 0 Å².